The van der Waals surface area contributed by atoms with E-state index in [4.69, 9.17) is 4.52 Å². The average molecular weight is 220 g/mol. The van der Waals surface area contributed by atoms with E-state index < -0.39 is 6.29 Å². The number of fused-ring (bicyclic) bond motifs is 1. The van der Waals surface area contributed by atoms with E-state index in [9.17, 15) is 10.2 Å². The smallest absolute Gasteiger partial charge is 0.258 e. The normalized spacial score (nSPS) is 16.2. The van der Waals surface area contributed by atoms with Crippen LogP contribution in [0.4, 0.5) is 0 Å². The zero-order valence-corrected chi connectivity index (χ0v) is 8.84. The first-order valence-electron chi connectivity index (χ1n) is 5.30. The number of aliphatic hydroxyl groups excluding tert-OH is 1. The molecule has 0 saturated heterocycles. The van der Waals surface area contributed by atoms with Gasteiger partial charge in [0.1, 0.15) is 0 Å². The number of hydrogen-bond donors (Lipinski definition) is 2. The average Bonchev–Trinajstić information content (AvgIpc) is 3.03. The summed E-state index contributed by atoms with van der Waals surface area (Å²) >= 11 is 0. The van der Waals surface area contributed by atoms with Crippen LogP contribution in [0.15, 0.2) is 10.6 Å². The van der Waals surface area contributed by atoms with Crippen molar-refractivity contribution < 1.29 is 14.7 Å². The molecule has 0 aliphatic heterocycles. The van der Waals surface area contributed by atoms with Crippen LogP contribution in [0.2, 0.25) is 0 Å². The summed E-state index contributed by atoms with van der Waals surface area (Å²) in [4.78, 5) is 4.35. The van der Waals surface area contributed by atoms with E-state index in [-0.39, 0.29) is 0 Å². The van der Waals surface area contributed by atoms with Gasteiger partial charge in [-0.05, 0) is 25.8 Å². The van der Waals surface area contributed by atoms with Gasteiger partial charge in [0.05, 0.1) is 11.1 Å². The summed E-state index contributed by atoms with van der Waals surface area (Å²) in [5.41, 5.74) is 2.33. The van der Waals surface area contributed by atoms with Crippen molar-refractivity contribution in [3.05, 3.63) is 23.0 Å². The molecule has 1 aliphatic carbocycles. The molecule has 2 N–H and O–H groups in total. The van der Waals surface area contributed by atoms with Crippen LogP contribution in [0.1, 0.15) is 42.0 Å². The molecular weight excluding hydrogens is 208 g/mol. The summed E-state index contributed by atoms with van der Waals surface area (Å²) in [6, 6.07) is 1.74. The molecule has 5 heteroatoms. The molecule has 5 nitrogen and oxygen atoms in total. The molecule has 2 heterocycles. The predicted molar refractivity (Wildman–Crippen MR) is 55.7 cm³/mol. The lowest BCUT2D eigenvalue weighted by atomic mass is 10.1. The van der Waals surface area contributed by atoms with Gasteiger partial charge in [-0.2, -0.15) is 0 Å². The van der Waals surface area contributed by atoms with Crippen LogP contribution < -0.4 is 0 Å². The Hall–Kier alpha value is -1.46. The van der Waals surface area contributed by atoms with Crippen molar-refractivity contribution in [1.82, 2.24) is 10.1 Å². The van der Waals surface area contributed by atoms with E-state index in [1.807, 2.05) is 0 Å². The summed E-state index contributed by atoms with van der Waals surface area (Å²) in [5, 5.41) is 23.1. The molecule has 1 saturated carbocycles. The molecule has 1 fully saturated rings. The molecule has 1 aliphatic rings. The lowest BCUT2D eigenvalue weighted by Gasteiger charge is -2.07. The Balaban J connectivity index is 2.27. The molecule has 2 aromatic rings. The lowest BCUT2D eigenvalue weighted by molar-refractivity contribution is -0.0414. The zero-order chi connectivity index (χ0) is 11.3. The lowest BCUT2D eigenvalue weighted by Crippen LogP contribution is -1.99. The quantitative estimate of drug-likeness (QED) is 0.747. The molecule has 0 aromatic carbocycles. The summed E-state index contributed by atoms with van der Waals surface area (Å²) in [7, 11) is 0. The number of aromatic nitrogens is 2. The standard InChI is InChI=1S/C11H12N2O3/c1-5-9-7(11(14)15)4-8(6-2-3-6)12-10(9)16-13-5/h4,6,11,14-15H,2-3H2,1H3. The van der Waals surface area contributed by atoms with Crippen molar-refractivity contribution in [1.29, 1.82) is 0 Å². The summed E-state index contributed by atoms with van der Waals surface area (Å²) in [6.07, 6.45) is 0.695. The van der Waals surface area contributed by atoms with Gasteiger partial charge >= 0.3 is 0 Å². The fourth-order valence-corrected chi connectivity index (χ4v) is 1.94. The number of aryl methyl sites for hydroxylation is 1. The van der Waals surface area contributed by atoms with Crippen molar-refractivity contribution in [3.8, 4) is 0 Å². The van der Waals surface area contributed by atoms with Gasteiger partial charge in [0.2, 0.25) is 0 Å². The minimum Gasteiger partial charge on any atom is -0.364 e. The van der Waals surface area contributed by atoms with Crippen LogP contribution in [0.25, 0.3) is 11.1 Å². The molecule has 2 aromatic heterocycles. The van der Waals surface area contributed by atoms with E-state index in [1.165, 1.54) is 0 Å². The molecule has 0 atom stereocenters. The van der Waals surface area contributed by atoms with E-state index in [2.05, 4.69) is 10.1 Å². The zero-order valence-electron chi connectivity index (χ0n) is 8.84. The van der Waals surface area contributed by atoms with Crippen LogP contribution in [-0.4, -0.2) is 20.4 Å². The number of aliphatic hydroxyl groups is 2. The third-order valence-electron chi connectivity index (χ3n) is 2.94. The first kappa shape index (κ1) is 9.74. The van der Waals surface area contributed by atoms with Crippen molar-refractivity contribution in [2.45, 2.75) is 32.0 Å². The van der Waals surface area contributed by atoms with Gasteiger partial charge in [0, 0.05) is 17.2 Å². The van der Waals surface area contributed by atoms with E-state index in [0.717, 1.165) is 18.5 Å². The van der Waals surface area contributed by atoms with E-state index in [1.54, 1.807) is 13.0 Å². The Morgan fingerprint density at radius 1 is 1.44 bits per heavy atom. The fraction of sp³-hybridized carbons (Fsp3) is 0.455. The van der Waals surface area contributed by atoms with Gasteiger partial charge in [-0.3, -0.25) is 0 Å². The Kier molecular flexibility index (Phi) is 1.99. The highest BCUT2D eigenvalue weighted by Gasteiger charge is 2.28. The topological polar surface area (TPSA) is 79.4 Å². The predicted octanol–water partition coefficient (Wildman–Crippen LogP) is 1.39. The summed E-state index contributed by atoms with van der Waals surface area (Å²) in [5.74, 6) is 0.437. The van der Waals surface area contributed by atoms with Gasteiger partial charge < -0.3 is 14.7 Å². The highest BCUT2D eigenvalue weighted by molar-refractivity contribution is 5.80. The van der Waals surface area contributed by atoms with Crippen LogP contribution in [0.3, 0.4) is 0 Å². The van der Waals surface area contributed by atoms with Gasteiger partial charge in [0.15, 0.2) is 6.29 Å². The van der Waals surface area contributed by atoms with Crippen LogP contribution in [-0.2, 0) is 0 Å². The minimum atomic E-state index is -1.51. The Morgan fingerprint density at radius 2 is 2.19 bits per heavy atom. The second-order valence-electron chi connectivity index (χ2n) is 4.23. The molecule has 0 radical (unpaired) electrons. The number of nitrogens with zero attached hydrogens (tertiary/aromatic N) is 2. The molecule has 16 heavy (non-hydrogen) atoms. The second-order valence-corrected chi connectivity index (χ2v) is 4.23. The van der Waals surface area contributed by atoms with Gasteiger partial charge in [-0.1, -0.05) is 5.16 Å². The van der Waals surface area contributed by atoms with E-state index in [0.29, 0.717) is 28.3 Å². The second kappa shape index (κ2) is 3.26. The van der Waals surface area contributed by atoms with E-state index >= 15 is 0 Å². The van der Waals surface area contributed by atoms with Crippen LogP contribution in [0.5, 0.6) is 0 Å². The van der Waals surface area contributed by atoms with Gasteiger partial charge in [0.25, 0.3) is 5.71 Å². The first-order chi connectivity index (χ1) is 7.66. The summed E-state index contributed by atoms with van der Waals surface area (Å²) < 4.78 is 5.07. The van der Waals surface area contributed by atoms with Crippen molar-refractivity contribution in [2.75, 3.05) is 0 Å². The maximum atomic E-state index is 9.35. The third-order valence-corrected chi connectivity index (χ3v) is 2.94. The SMILES string of the molecule is Cc1noc2nc(C3CC3)cc(C(O)O)c12. The summed E-state index contributed by atoms with van der Waals surface area (Å²) in [6.45, 7) is 1.76. The maximum Gasteiger partial charge on any atom is 0.258 e. The molecule has 0 spiro atoms. The third kappa shape index (κ3) is 1.40. The monoisotopic (exact) mass is 220 g/mol. The highest BCUT2D eigenvalue weighted by atomic mass is 16.5. The Bertz CT molecular complexity index is 543. The highest BCUT2D eigenvalue weighted by Crippen LogP contribution is 2.41. The largest absolute Gasteiger partial charge is 0.364 e. The number of pyridine rings is 1. The molecular formula is C11H12N2O3. The molecule has 0 bridgehead atoms. The van der Waals surface area contributed by atoms with Crippen molar-refractivity contribution in [3.63, 3.8) is 0 Å². The minimum absolute atomic E-state index is 0.394. The number of hydrogen-bond acceptors (Lipinski definition) is 5. The van der Waals surface area contributed by atoms with Crippen molar-refractivity contribution in [2.24, 2.45) is 0 Å². The van der Waals surface area contributed by atoms with Crippen LogP contribution in [0, 0.1) is 6.92 Å². The van der Waals surface area contributed by atoms with Gasteiger partial charge in [-0.25, -0.2) is 4.98 Å². The molecule has 0 amide bonds. The Labute approximate surface area is 91.7 Å². The van der Waals surface area contributed by atoms with Gasteiger partial charge in [-0.15, -0.1) is 0 Å². The maximum absolute atomic E-state index is 9.35. The van der Waals surface area contributed by atoms with Crippen molar-refractivity contribution >= 4 is 11.1 Å². The van der Waals surface area contributed by atoms with Crippen LogP contribution >= 0.6 is 0 Å². The molecule has 84 valence electrons. The number of rotatable bonds is 2. The fourth-order valence-electron chi connectivity index (χ4n) is 1.94. The molecule has 0 unspecified atom stereocenters. The first-order valence-corrected chi connectivity index (χ1v) is 5.30. The molecule has 3 rings (SSSR count). The Morgan fingerprint density at radius 3 is 2.81 bits per heavy atom.